The van der Waals surface area contributed by atoms with Gasteiger partial charge in [-0.3, -0.25) is 58.0 Å². The van der Waals surface area contributed by atoms with E-state index in [4.69, 9.17) is 0 Å². The number of aliphatic carboxylic acids is 4. The highest BCUT2D eigenvalue weighted by Crippen LogP contribution is 2.29. The quantitative estimate of drug-likeness (QED) is 0.0540. The Morgan fingerprint density at radius 2 is 1.15 bits per heavy atom. The maximum Gasteiger partial charge on any atom is 0.475 e. The molecule has 4 amide bonds. The predicted octanol–water partition coefficient (Wildman–Crippen LogP) is -3.37. The van der Waals surface area contributed by atoms with Crippen LogP contribution in [0.4, 0.5) is 0 Å². The van der Waals surface area contributed by atoms with Crippen LogP contribution in [0, 0.1) is 11.8 Å². The van der Waals surface area contributed by atoms with Crippen LogP contribution in [0.1, 0.15) is 64.7 Å². The topological polar surface area (TPSA) is 310 Å². The van der Waals surface area contributed by atoms with E-state index in [0.717, 1.165) is 0 Å². The predicted molar refractivity (Wildman–Crippen MR) is 213 cm³/mol. The van der Waals surface area contributed by atoms with Gasteiger partial charge in [0.05, 0.1) is 25.6 Å². The van der Waals surface area contributed by atoms with Gasteiger partial charge in [-0.25, -0.2) is 0 Å². The largest absolute Gasteiger partial charge is 0.480 e. The summed E-state index contributed by atoms with van der Waals surface area (Å²) in [7, 11) is -1.64. The SMILES string of the molecule is C[C@@H](NC(=O)C1CCC(CNC(=O)CCNC(=O)CC[C@H](C(=O)O)N2CCN(CC(=O)O)CCN(CC(=O)O)CCN(CC(=O)O)CC2)CC1)C(=O)N1CCC[C@H]1B(O)O. The van der Waals surface area contributed by atoms with E-state index in [1.807, 2.05) is 0 Å². The van der Waals surface area contributed by atoms with Gasteiger partial charge < -0.3 is 51.3 Å². The summed E-state index contributed by atoms with van der Waals surface area (Å²) < 4.78 is 0. The smallest absolute Gasteiger partial charge is 0.475 e. The highest BCUT2D eigenvalue weighted by atomic mass is 16.4. The molecule has 338 valence electrons. The molecule has 0 radical (unpaired) electrons. The Bertz CT molecular complexity index is 1450. The van der Waals surface area contributed by atoms with Crippen LogP contribution in [0.5, 0.6) is 0 Å². The van der Waals surface area contributed by atoms with Crippen LogP contribution in [0.3, 0.4) is 0 Å². The Morgan fingerprint density at radius 3 is 1.63 bits per heavy atom. The van der Waals surface area contributed by atoms with Crippen LogP contribution < -0.4 is 16.0 Å². The van der Waals surface area contributed by atoms with Crippen molar-refractivity contribution in [2.24, 2.45) is 11.8 Å². The highest BCUT2D eigenvalue weighted by molar-refractivity contribution is 6.43. The van der Waals surface area contributed by atoms with Crippen LogP contribution in [0.2, 0.25) is 0 Å². The Balaban J connectivity index is 1.43. The molecule has 3 atom stereocenters. The zero-order chi connectivity index (χ0) is 44.4. The average Bonchev–Trinajstić information content (AvgIpc) is 3.68. The van der Waals surface area contributed by atoms with E-state index in [2.05, 4.69) is 16.0 Å². The molecule has 0 aromatic carbocycles. The van der Waals surface area contributed by atoms with Crippen LogP contribution in [-0.2, 0) is 38.4 Å². The van der Waals surface area contributed by atoms with Crippen LogP contribution >= 0.6 is 0 Å². The van der Waals surface area contributed by atoms with Crippen molar-refractivity contribution in [3.05, 3.63) is 0 Å². The summed E-state index contributed by atoms with van der Waals surface area (Å²) in [6, 6.07) is -1.97. The van der Waals surface area contributed by atoms with Gasteiger partial charge in [0, 0.05) is 90.8 Å². The number of carboxylic acid groups (broad SMARTS) is 4. The van der Waals surface area contributed by atoms with Crippen molar-refractivity contribution in [3.63, 3.8) is 0 Å². The maximum absolute atomic E-state index is 12.9. The maximum atomic E-state index is 12.9. The Labute approximate surface area is 349 Å². The van der Waals surface area contributed by atoms with Crippen molar-refractivity contribution in [2.45, 2.75) is 82.7 Å². The van der Waals surface area contributed by atoms with Crippen LogP contribution in [-0.4, -0.2) is 219 Å². The zero-order valence-corrected chi connectivity index (χ0v) is 34.4. The molecule has 3 fully saturated rings. The van der Waals surface area contributed by atoms with Gasteiger partial charge in [-0.15, -0.1) is 0 Å². The second-order valence-corrected chi connectivity index (χ2v) is 15.9. The standard InChI is InChI=1S/C37H63BN8O14/c1-25(36(56)46-12-2-3-29(46)38(59)60)41-35(55)27-6-4-26(5-7-27)21-40-31(48)10-11-39-30(47)9-8-28(37(57)58)45-19-17-43(23-33(51)52)15-13-42(22-32(49)50)14-16-44(18-20-45)24-34(53)54/h25-29,59-60H,2-24H2,1H3,(H,39,47)(H,40,48)(H,41,55)(H,49,50)(H,51,52)(H,53,54)(H,57,58)/t25-,26?,27?,28-,29+/m1/s1. The first-order chi connectivity index (χ1) is 28.4. The molecule has 23 heteroatoms. The molecule has 60 heavy (non-hydrogen) atoms. The molecule has 22 nitrogen and oxygen atoms in total. The summed E-state index contributed by atoms with van der Waals surface area (Å²) in [6.45, 7) is 2.46. The van der Waals surface area contributed by atoms with Gasteiger partial charge in [0.1, 0.15) is 12.1 Å². The number of hydrogen-bond acceptors (Lipinski definition) is 14. The first-order valence-corrected chi connectivity index (χ1v) is 20.7. The van der Waals surface area contributed by atoms with Gasteiger partial charge in [0.25, 0.3) is 0 Å². The van der Waals surface area contributed by atoms with E-state index in [0.29, 0.717) is 51.6 Å². The van der Waals surface area contributed by atoms with E-state index in [1.54, 1.807) is 26.5 Å². The lowest BCUT2D eigenvalue weighted by atomic mass is 9.77. The summed E-state index contributed by atoms with van der Waals surface area (Å²) in [5, 5.41) is 65.9. The molecule has 0 aromatic rings. The molecular formula is C37H63BN8O14. The lowest BCUT2D eigenvalue weighted by Crippen LogP contribution is -2.53. The Kier molecular flexibility index (Phi) is 21.1. The monoisotopic (exact) mass is 854 g/mol. The number of nitrogens with one attached hydrogen (secondary N) is 3. The number of rotatable bonds is 20. The number of likely N-dealkylation sites (tertiary alicyclic amines) is 1. The van der Waals surface area contributed by atoms with Crippen molar-refractivity contribution >= 4 is 54.6 Å². The minimum atomic E-state index is -1.64. The van der Waals surface area contributed by atoms with E-state index in [1.165, 1.54) is 4.90 Å². The Hall–Kier alpha value is -4.42. The molecule has 0 spiro atoms. The third kappa shape index (κ3) is 17.7. The summed E-state index contributed by atoms with van der Waals surface area (Å²) in [6.07, 6.45) is 3.35. The molecule has 9 N–H and O–H groups in total. The van der Waals surface area contributed by atoms with Crippen LogP contribution in [0.15, 0.2) is 0 Å². The first kappa shape index (κ1) is 49.9. The summed E-state index contributed by atoms with van der Waals surface area (Å²) in [5.41, 5.74) is 0. The van der Waals surface area contributed by atoms with Crippen molar-refractivity contribution in [1.82, 2.24) is 40.4 Å². The highest BCUT2D eigenvalue weighted by Gasteiger charge is 2.39. The van der Waals surface area contributed by atoms with Gasteiger partial charge >= 0.3 is 31.0 Å². The van der Waals surface area contributed by atoms with Crippen LogP contribution in [0.25, 0.3) is 0 Å². The third-order valence-electron chi connectivity index (χ3n) is 11.5. The van der Waals surface area contributed by atoms with E-state index in [-0.39, 0.29) is 127 Å². The zero-order valence-electron chi connectivity index (χ0n) is 34.4. The minimum Gasteiger partial charge on any atom is -0.480 e. The van der Waals surface area contributed by atoms with Gasteiger partial charge in [-0.2, -0.15) is 0 Å². The molecule has 1 saturated carbocycles. The Morgan fingerprint density at radius 1 is 0.650 bits per heavy atom. The fourth-order valence-corrected chi connectivity index (χ4v) is 8.04. The minimum absolute atomic E-state index is 0.0125. The van der Waals surface area contributed by atoms with Gasteiger partial charge in [0.2, 0.25) is 23.6 Å². The van der Waals surface area contributed by atoms with Crippen molar-refractivity contribution in [1.29, 1.82) is 0 Å². The molecule has 3 aliphatic rings. The van der Waals surface area contributed by atoms with Crippen molar-refractivity contribution in [3.8, 4) is 0 Å². The summed E-state index contributed by atoms with van der Waals surface area (Å²) >= 11 is 0. The number of carbonyl (C=O) groups excluding carboxylic acids is 4. The molecule has 2 aliphatic heterocycles. The van der Waals surface area contributed by atoms with E-state index in [9.17, 15) is 68.8 Å². The summed E-state index contributed by atoms with van der Waals surface area (Å²) in [5.74, 6) is -6.72. The molecular weight excluding hydrogens is 791 g/mol. The molecule has 3 rings (SSSR count). The van der Waals surface area contributed by atoms with Gasteiger partial charge in [-0.1, -0.05) is 0 Å². The van der Waals surface area contributed by atoms with Crippen molar-refractivity contribution < 1.29 is 68.8 Å². The van der Waals surface area contributed by atoms with Crippen molar-refractivity contribution in [2.75, 3.05) is 91.6 Å². The molecule has 1 aliphatic carbocycles. The number of carbonyl (C=O) groups is 8. The fourth-order valence-electron chi connectivity index (χ4n) is 8.04. The molecule has 0 unspecified atom stereocenters. The number of amides is 4. The molecule has 2 saturated heterocycles. The van der Waals surface area contributed by atoms with E-state index < -0.39 is 54.9 Å². The lowest BCUT2D eigenvalue weighted by molar-refractivity contribution is -0.145. The second kappa shape index (κ2) is 25.4. The fraction of sp³-hybridized carbons (Fsp3) is 0.784. The molecule has 0 aromatic heterocycles. The molecule has 2 heterocycles. The lowest BCUT2D eigenvalue weighted by Gasteiger charge is -2.35. The molecule has 0 bridgehead atoms. The van der Waals surface area contributed by atoms with Gasteiger partial charge in [-0.05, 0) is 57.8 Å². The van der Waals surface area contributed by atoms with E-state index >= 15 is 0 Å². The number of hydrogen-bond donors (Lipinski definition) is 9. The normalized spacial score (nSPS) is 22.6. The second-order valence-electron chi connectivity index (χ2n) is 15.9. The first-order valence-electron chi connectivity index (χ1n) is 20.7. The van der Waals surface area contributed by atoms with Gasteiger partial charge in [0.15, 0.2) is 0 Å². The summed E-state index contributed by atoms with van der Waals surface area (Å²) in [4.78, 5) is 106. The third-order valence-corrected chi connectivity index (χ3v) is 11.5. The number of carboxylic acids is 4. The number of nitrogens with zero attached hydrogens (tertiary/aromatic N) is 5. The average molecular weight is 855 g/mol.